The number of carbonyl (C=O) groups excluding carboxylic acids is 2. The molecule has 0 saturated carbocycles. The molecule has 3 aromatic carbocycles. The maximum absolute atomic E-state index is 13.2. The van der Waals surface area contributed by atoms with E-state index in [9.17, 15) is 9.59 Å². The van der Waals surface area contributed by atoms with Gasteiger partial charge in [0.2, 0.25) is 11.8 Å². The Labute approximate surface area is 168 Å². The van der Waals surface area contributed by atoms with Crippen LogP contribution in [0.25, 0.3) is 0 Å². The molecule has 1 aliphatic rings. The maximum atomic E-state index is 13.2. The third-order valence-corrected chi connectivity index (χ3v) is 5.19. The van der Waals surface area contributed by atoms with Crippen LogP contribution in [0.2, 0.25) is 5.02 Å². The highest BCUT2D eigenvalue weighted by Crippen LogP contribution is 2.33. The molecule has 4 rings (SSSR count). The lowest BCUT2D eigenvalue weighted by Crippen LogP contribution is -2.37. The number of halogens is 1. The summed E-state index contributed by atoms with van der Waals surface area (Å²) in [5.74, 6) is -0.851. The van der Waals surface area contributed by atoms with Crippen molar-refractivity contribution >= 4 is 29.1 Å². The minimum Gasteiger partial charge on any atom is -0.345 e. The first-order chi connectivity index (χ1) is 13.6. The normalized spacial score (nSPS) is 16.6. The van der Waals surface area contributed by atoms with E-state index in [1.807, 2.05) is 78.9 Å². The van der Waals surface area contributed by atoms with E-state index >= 15 is 0 Å². The molecule has 3 aromatic rings. The van der Waals surface area contributed by atoms with Crippen molar-refractivity contribution in [1.29, 1.82) is 0 Å². The van der Waals surface area contributed by atoms with Crippen molar-refractivity contribution in [2.24, 2.45) is 0 Å². The highest BCUT2D eigenvalue weighted by Gasteiger charge is 2.32. The maximum Gasteiger partial charge on any atom is 0.228 e. The van der Waals surface area contributed by atoms with Gasteiger partial charge in [-0.2, -0.15) is 0 Å². The molecule has 0 bridgehead atoms. The van der Waals surface area contributed by atoms with Crippen LogP contribution in [0.15, 0.2) is 78.9 Å². The van der Waals surface area contributed by atoms with Crippen LogP contribution >= 0.6 is 11.6 Å². The highest BCUT2D eigenvalue weighted by molar-refractivity contribution is 6.30. The lowest BCUT2D eigenvalue weighted by molar-refractivity contribution is -0.126. The van der Waals surface area contributed by atoms with Crippen molar-refractivity contribution in [3.05, 3.63) is 101 Å². The highest BCUT2D eigenvalue weighted by atomic mass is 35.5. The summed E-state index contributed by atoms with van der Waals surface area (Å²) in [6.07, 6.45) is 0.130. The summed E-state index contributed by atoms with van der Waals surface area (Å²) >= 11 is 6.03. The molecule has 140 valence electrons. The van der Waals surface area contributed by atoms with Gasteiger partial charge in [0.1, 0.15) is 0 Å². The van der Waals surface area contributed by atoms with E-state index in [1.165, 1.54) is 0 Å². The van der Waals surface area contributed by atoms with Crippen LogP contribution in [0.1, 0.15) is 35.1 Å². The van der Waals surface area contributed by atoms with Crippen LogP contribution in [-0.4, -0.2) is 11.8 Å². The Hall–Kier alpha value is -3.11. The molecule has 1 aliphatic heterocycles. The molecular formula is C23H19ClN2O2. The Kier molecular flexibility index (Phi) is 5.13. The quantitative estimate of drug-likeness (QED) is 0.680. The molecule has 1 heterocycles. The Balaban J connectivity index is 1.66. The van der Waals surface area contributed by atoms with Crippen LogP contribution in [-0.2, 0) is 9.59 Å². The predicted molar refractivity (Wildman–Crippen MR) is 110 cm³/mol. The molecule has 4 nitrogen and oxygen atoms in total. The molecule has 0 fully saturated rings. The molecule has 2 amide bonds. The van der Waals surface area contributed by atoms with Crippen LogP contribution in [0.5, 0.6) is 0 Å². The van der Waals surface area contributed by atoms with Gasteiger partial charge in [-0.1, -0.05) is 72.3 Å². The van der Waals surface area contributed by atoms with Gasteiger partial charge >= 0.3 is 0 Å². The molecular weight excluding hydrogens is 372 g/mol. The number of benzene rings is 3. The second kappa shape index (κ2) is 7.87. The van der Waals surface area contributed by atoms with Crippen molar-refractivity contribution in [3.63, 3.8) is 0 Å². The second-order valence-electron chi connectivity index (χ2n) is 6.80. The summed E-state index contributed by atoms with van der Waals surface area (Å²) in [6, 6.07) is 24.3. The van der Waals surface area contributed by atoms with Gasteiger partial charge in [-0.3, -0.25) is 9.59 Å². The van der Waals surface area contributed by atoms with Crippen molar-refractivity contribution in [3.8, 4) is 0 Å². The van der Waals surface area contributed by atoms with Gasteiger partial charge in [0.25, 0.3) is 0 Å². The lowest BCUT2D eigenvalue weighted by Gasteiger charge is -2.27. The van der Waals surface area contributed by atoms with Gasteiger partial charge in [-0.05, 0) is 34.9 Å². The van der Waals surface area contributed by atoms with Gasteiger partial charge in [0, 0.05) is 17.1 Å². The first kappa shape index (κ1) is 18.3. The number of rotatable bonds is 4. The number of anilines is 1. The van der Waals surface area contributed by atoms with Crippen molar-refractivity contribution < 1.29 is 9.59 Å². The molecule has 0 aliphatic carbocycles. The Morgan fingerprint density at radius 3 is 2.32 bits per heavy atom. The topological polar surface area (TPSA) is 58.2 Å². The van der Waals surface area contributed by atoms with Gasteiger partial charge in [-0.25, -0.2) is 0 Å². The number of fused-ring (bicyclic) bond motifs is 1. The monoisotopic (exact) mass is 390 g/mol. The lowest BCUT2D eigenvalue weighted by atomic mass is 9.89. The predicted octanol–water partition coefficient (Wildman–Crippen LogP) is 4.67. The number of hydrogen-bond acceptors (Lipinski definition) is 2. The first-order valence-corrected chi connectivity index (χ1v) is 9.49. The molecule has 2 N–H and O–H groups in total. The molecule has 28 heavy (non-hydrogen) atoms. The molecule has 0 radical (unpaired) electrons. The molecule has 2 atom stereocenters. The zero-order valence-corrected chi connectivity index (χ0v) is 15.8. The van der Waals surface area contributed by atoms with E-state index in [4.69, 9.17) is 11.6 Å². The largest absolute Gasteiger partial charge is 0.345 e. The Morgan fingerprint density at radius 2 is 1.57 bits per heavy atom. The van der Waals surface area contributed by atoms with Gasteiger partial charge < -0.3 is 10.6 Å². The van der Waals surface area contributed by atoms with Crippen LogP contribution in [0, 0.1) is 0 Å². The summed E-state index contributed by atoms with van der Waals surface area (Å²) in [4.78, 5) is 25.3. The Bertz CT molecular complexity index is 1000. The molecule has 0 unspecified atom stereocenters. The minimum absolute atomic E-state index is 0.130. The summed E-state index contributed by atoms with van der Waals surface area (Å²) < 4.78 is 0. The van der Waals surface area contributed by atoms with E-state index in [1.54, 1.807) is 0 Å². The molecule has 0 spiro atoms. The van der Waals surface area contributed by atoms with E-state index in [2.05, 4.69) is 10.6 Å². The van der Waals surface area contributed by atoms with Crippen LogP contribution in [0.3, 0.4) is 0 Å². The number of carbonyl (C=O) groups is 2. The fourth-order valence-electron chi connectivity index (χ4n) is 3.55. The van der Waals surface area contributed by atoms with Crippen LogP contribution in [0.4, 0.5) is 5.69 Å². The standard InChI is InChI=1S/C23H19ClN2O2/c24-17-12-10-16(11-13-17)22(15-6-2-1-3-7-15)26-23(28)19-14-21(27)25-20-9-5-4-8-18(19)20/h1-13,19,22H,14H2,(H,25,27)(H,26,28)/t19-,22-/m0/s1. The van der Waals surface area contributed by atoms with Crippen LogP contribution < -0.4 is 10.6 Å². The number of amides is 2. The fraction of sp³-hybridized carbons (Fsp3) is 0.130. The number of nitrogens with one attached hydrogen (secondary N) is 2. The summed E-state index contributed by atoms with van der Waals surface area (Å²) in [7, 11) is 0. The second-order valence-corrected chi connectivity index (χ2v) is 7.23. The number of para-hydroxylation sites is 1. The van der Waals surface area contributed by atoms with Gasteiger partial charge in [0.15, 0.2) is 0 Å². The molecule has 0 aromatic heterocycles. The number of hydrogen-bond donors (Lipinski definition) is 2. The summed E-state index contributed by atoms with van der Waals surface area (Å²) in [6.45, 7) is 0. The zero-order chi connectivity index (χ0) is 19.5. The van der Waals surface area contributed by atoms with E-state index in [0.717, 1.165) is 16.7 Å². The fourth-order valence-corrected chi connectivity index (χ4v) is 3.67. The Morgan fingerprint density at radius 1 is 0.929 bits per heavy atom. The van der Waals surface area contributed by atoms with Gasteiger partial charge in [-0.15, -0.1) is 0 Å². The average Bonchev–Trinajstić information content (AvgIpc) is 2.72. The van der Waals surface area contributed by atoms with E-state index in [-0.39, 0.29) is 24.3 Å². The van der Waals surface area contributed by atoms with Crippen molar-refractivity contribution in [1.82, 2.24) is 5.32 Å². The molecule has 5 heteroatoms. The van der Waals surface area contributed by atoms with Crippen molar-refractivity contribution in [2.45, 2.75) is 18.4 Å². The van der Waals surface area contributed by atoms with Crippen molar-refractivity contribution in [2.75, 3.05) is 5.32 Å². The third kappa shape index (κ3) is 3.78. The first-order valence-electron chi connectivity index (χ1n) is 9.11. The minimum atomic E-state index is -0.525. The van der Waals surface area contributed by atoms with E-state index < -0.39 is 5.92 Å². The summed E-state index contributed by atoms with van der Waals surface area (Å²) in [5, 5.41) is 6.61. The average molecular weight is 391 g/mol. The smallest absolute Gasteiger partial charge is 0.228 e. The SMILES string of the molecule is O=C1C[C@H](C(=O)N[C@@H](c2ccccc2)c2ccc(Cl)cc2)c2ccccc2N1. The molecule has 0 saturated heterocycles. The van der Waals surface area contributed by atoms with E-state index in [0.29, 0.717) is 10.7 Å². The summed E-state index contributed by atoms with van der Waals surface area (Å²) in [5.41, 5.74) is 3.42. The zero-order valence-electron chi connectivity index (χ0n) is 15.1. The third-order valence-electron chi connectivity index (χ3n) is 4.94. The van der Waals surface area contributed by atoms with Gasteiger partial charge in [0.05, 0.1) is 12.0 Å².